The van der Waals surface area contributed by atoms with E-state index in [1.54, 1.807) is 0 Å². The lowest BCUT2D eigenvalue weighted by Crippen LogP contribution is -2.39. The Balaban J connectivity index is 2.96. The molecule has 4 nitrogen and oxygen atoms in total. The molecule has 0 N–H and O–H groups in total. The molecular formula is C23H42N2O2S. The lowest BCUT2D eigenvalue weighted by molar-refractivity contribution is -0.121. The van der Waals surface area contributed by atoms with Gasteiger partial charge in [-0.25, -0.2) is 0 Å². The van der Waals surface area contributed by atoms with Gasteiger partial charge in [0.25, 0.3) is 0 Å². The van der Waals surface area contributed by atoms with Crippen molar-refractivity contribution in [3.8, 4) is 0 Å². The van der Waals surface area contributed by atoms with Gasteiger partial charge in [0.2, 0.25) is 0 Å². The lowest BCUT2D eigenvalue weighted by atomic mass is 9.75. The molecule has 28 heavy (non-hydrogen) atoms. The molecule has 1 rings (SSSR count). The van der Waals surface area contributed by atoms with Gasteiger partial charge in [-0.15, -0.1) is 0 Å². The quantitative estimate of drug-likeness (QED) is 0.191. The van der Waals surface area contributed by atoms with E-state index in [0.717, 1.165) is 55.8 Å². The number of Topliss-reactive ketones (excluding diaryl/α,β-unsaturated/α-hetero) is 1. The maximum atomic E-state index is 13.1. The summed E-state index contributed by atoms with van der Waals surface area (Å²) < 4.78 is 0. The van der Waals surface area contributed by atoms with Crippen LogP contribution in [0, 0.1) is 11.8 Å². The Morgan fingerprint density at radius 1 is 1.14 bits per heavy atom. The first kappa shape index (κ1) is 25.2. The van der Waals surface area contributed by atoms with Crippen molar-refractivity contribution in [2.75, 3.05) is 18.9 Å². The van der Waals surface area contributed by atoms with Crippen LogP contribution in [-0.2, 0) is 9.63 Å². The van der Waals surface area contributed by atoms with E-state index < -0.39 is 0 Å². The Morgan fingerprint density at radius 2 is 1.93 bits per heavy atom. The first-order valence-electron chi connectivity index (χ1n) is 11.4. The summed E-state index contributed by atoms with van der Waals surface area (Å²) in [6.07, 6.45) is 9.27. The molecule has 162 valence electrons. The number of oxime groups is 1. The van der Waals surface area contributed by atoms with Crippen molar-refractivity contribution in [1.29, 1.82) is 0 Å². The Hall–Kier alpha value is -0.840. The van der Waals surface area contributed by atoms with Crippen molar-refractivity contribution >= 4 is 29.0 Å². The van der Waals surface area contributed by atoms with Crippen molar-refractivity contribution in [3.63, 3.8) is 0 Å². The van der Waals surface area contributed by atoms with Gasteiger partial charge in [0.1, 0.15) is 12.4 Å². The smallest absolute Gasteiger partial charge is 0.147 e. The SMILES string of the molecule is CCCCCCN=C1C[C@H](C[C@@H](C)SCC)CC(=O)C1/C(CCC)=N\OCC. The standard InChI is InChI=1S/C23H42N2O2S/c1-6-10-11-12-14-24-21-16-19(15-18(5)28-9-4)17-22(26)23(21)20(13-7-2)25-27-8-3/h18-19,23H,6-17H2,1-5H3/b24-21?,25-20-/t18-,19+,23?/m1/s1. The second-order valence-electron chi connectivity index (χ2n) is 7.86. The maximum absolute atomic E-state index is 13.1. The van der Waals surface area contributed by atoms with E-state index in [0.29, 0.717) is 30.0 Å². The van der Waals surface area contributed by atoms with Gasteiger partial charge in [0, 0.05) is 23.9 Å². The summed E-state index contributed by atoms with van der Waals surface area (Å²) in [4.78, 5) is 23.5. The molecule has 1 saturated carbocycles. The molecule has 1 aliphatic rings. The van der Waals surface area contributed by atoms with Crippen molar-refractivity contribution in [2.45, 2.75) is 97.7 Å². The summed E-state index contributed by atoms with van der Waals surface area (Å²) in [6.45, 7) is 12.1. The average Bonchev–Trinajstić information content (AvgIpc) is 2.65. The van der Waals surface area contributed by atoms with Crippen molar-refractivity contribution in [1.82, 2.24) is 0 Å². The van der Waals surface area contributed by atoms with Crippen LogP contribution in [-0.4, -0.2) is 41.4 Å². The van der Waals surface area contributed by atoms with Crippen LogP contribution in [0.1, 0.15) is 92.4 Å². The Morgan fingerprint density at radius 3 is 2.57 bits per heavy atom. The van der Waals surface area contributed by atoms with Crippen molar-refractivity contribution in [2.24, 2.45) is 22.0 Å². The molecule has 0 amide bonds. The van der Waals surface area contributed by atoms with Gasteiger partial charge in [-0.3, -0.25) is 9.79 Å². The Bertz CT molecular complexity index is 505. The number of hydrogen-bond donors (Lipinski definition) is 0. The molecule has 0 aliphatic heterocycles. The first-order valence-corrected chi connectivity index (χ1v) is 12.5. The molecule has 3 atom stereocenters. The highest BCUT2D eigenvalue weighted by atomic mass is 32.2. The van der Waals surface area contributed by atoms with Gasteiger partial charge >= 0.3 is 0 Å². The van der Waals surface area contributed by atoms with Gasteiger partial charge in [-0.1, -0.05) is 58.5 Å². The molecule has 0 heterocycles. The van der Waals surface area contributed by atoms with Gasteiger partial charge in [0.15, 0.2) is 0 Å². The van der Waals surface area contributed by atoms with Crippen LogP contribution < -0.4 is 0 Å². The minimum atomic E-state index is -0.247. The second-order valence-corrected chi connectivity index (χ2v) is 9.57. The molecule has 0 aromatic rings. The number of nitrogens with zero attached hydrogens (tertiary/aromatic N) is 2. The number of rotatable bonds is 14. The van der Waals surface area contributed by atoms with Crippen LogP contribution in [0.4, 0.5) is 0 Å². The molecule has 0 spiro atoms. The van der Waals surface area contributed by atoms with Crippen LogP contribution in [0.5, 0.6) is 0 Å². The number of unbranched alkanes of at least 4 members (excludes halogenated alkanes) is 3. The second kappa shape index (κ2) is 15.1. The fourth-order valence-corrected chi connectivity index (χ4v) is 4.98. The molecule has 1 unspecified atom stereocenters. The van der Waals surface area contributed by atoms with Gasteiger partial charge in [-0.05, 0) is 44.3 Å². The first-order chi connectivity index (χ1) is 13.6. The highest BCUT2D eigenvalue weighted by molar-refractivity contribution is 7.99. The summed E-state index contributed by atoms with van der Waals surface area (Å²) >= 11 is 1.99. The van der Waals surface area contributed by atoms with Gasteiger partial charge < -0.3 is 4.84 Å². The molecule has 0 aromatic heterocycles. The molecule has 1 aliphatic carbocycles. The molecule has 0 saturated heterocycles. The van der Waals surface area contributed by atoms with E-state index in [2.05, 4.69) is 32.9 Å². The van der Waals surface area contributed by atoms with E-state index in [9.17, 15) is 4.79 Å². The monoisotopic (exact) mass is 410 g/mol. The zero-order valence-electron chi connectivity index (χ0n) is 18.8. The average molecular weight is 411 g/mol. The van der Waals surface area contributed by atoms with E-state index >= 15 is 0 Å². The van der Waals surface area contributed by atoms with Crippen LogP contribution in [0.15, 0.2) is 10.1 Å². The van der Waals surface area contributed by atoms with E-state index in [4.69, 9.17) is 9.83 Å². The summed E-state index contributed by atoms with van der Waals surface area (Å²) in [7, 11) is 0. The largest absolute Gasteiger partial charge is 0.396 e. The van der Waals surface area contributed by atoms with Crippen LogP contribution in [0.3, 0.4) is 0 Å². The van der Waals surface area contributed by atoms with E-state index in [-0.39, 0.29) is 5.92 Å². The molecule has 1 fully saturated rings. The number of aliphatic imine (C=N–C) groups is 1. The van der Waals surface area contributed by atoms with Crippen LogP contribution >= 0.6 is 11.8 Å². The number of carbonyl (C=O) groups is 1. The van der Waals surface area contributed by atoms with Crippen LogP contribution in [0.25, 0.3) is 0 Å². The number of hydrogen-bond acceptors (Lipinski definition) is 5. The predicted molar refractivity (Wildman–Crippen MR) is 124 cm³/mol. The summed E-state index contributed by atoms with van der Waals surface area (Å²) in [5.74, 6) is 1.60. The fraction of sp³-hybridized carbons (Fsp3) is 0.870. The minimum absolute atomic E-state index is 0.247. The normalized spacial score (nSPS) is 23.2. The lowest BCUT2D eigenvalue weighted by Gasteiger charge is -2.31. The number of carbonyl (C=O) groups excluding carboxylic acids is 1. The summed E-state index contributed by atoms with van der Waals surface area (Å²) in [6, 6.07) is 0. The minimum Gasteiger partial charge on any atom is -0.396 e. The topological polar surface area (TPSA) is 51.0 Å². The third-order valence-corrected chi connectivity index (χ3v) is 6.33. The van der Waals surface area contributed by atoms with Gasteiger partial charge in [0.05, 0.1) is 11.6 Å². The summed E-state index contributed by atoms with van der Waals surface area (Å²) in [5, 5.41) is 4.94. The molecule has 0 aromatic carbocycles. The van der Waals surface area contributed by atoms with E-state index in [1.807, 2.05) is 18.7 Å². The van der Waals surface area contributed by atoms with E-state index in [1.165, 1.54) is 19.3 Å². The molecule has 0 radical (unpaired) electrons. The third-order valence-electron chi connectivity index (χ3n) is 5.24. The number of ketones is 1. The third kappa shape index (κ3) is 9.11. The zero-order chi connectivity index (χ0) is 20.8. The molecular weight excluding hydrogens is 368 g/mol. The highest BCUT2D eigenvalue weighted by Gasteiger charge is 2.37. The molecule has 0 bridgehead atoms. The number of thioether (sulfide) groups is 1. The highest BCUT2D eigenvalue weighted by Crippen LogP contribution is 2.32. The summed E-state index contributed by atoms with van der Waals surface area (Å²) in [5.41, 5.74) is 1.95. The fourth-order valence-electron chi connectivity index (χ4n) is 4.00. The zero-order valence-corrected chi connectivity index (χ0v) is 19.7. The molecule has 5 heteroatoms. The van der Waals surface area contributed by atoms with Gasteiger partial charge in [-0.2, -0.15) is 11.8 Å². The predicted octanol–water partition coefficient (Wildman–Crippen LogP) is 6.33. The van der Waals surface area contributed by atoms with Crippen LogP contribution in [0.2, 0.25) is 0 Å². The Labute approximate surface area is 177 Å². The Kier molecular flexibility index (Phi) is 13.6. The van der Waals surface area contributed by atoms with Crippen molar-refractivity contribution < 1.29 is 9.63 Å². The maximum Gasteiger partial charge on any atom is 0.147 e. The van der Waals surface area contributed by atoms with Crippen molar-refractivity contribution in [3.05, 3.63) is 0 Å².